The highest BCUT2D eigenvalue weighted by Crippen LogP contribution is 2.44. The number of nitriles is 1. The van der Waals surface area contributed by atoms with Crippen LogP contribution in [0.4, 0.5) is 8.78 Å². The largest absolute Gasteiger partial charge is 0.370 e. The zero-order valence-corrected chi connectivity index (χ0v) is 20.8. The Labute approximate surface area is 214 Å². The normalized spacial score (nSPS) is 28.4. The lowest BCUT2D eigenvalue weighted by Gasteiger charge is -2.43. The van der Waals surface area contributed by atoms with Crippen molar-refractivity contribution < 1.29 is 32.5 Å². The molecule has 9 heteroatoms. The Bertz CT molecular complexity index is 1190. The monoisotopic (exact) mass is 512 g/mol. The summed E-state index contributed by atoms with van der Waals surface area (Å²) in [5.74, 6) is -2.64. The highest BCUT2D eigenvalue weighted by atomic mass is 19.1. The number of nitrogens with one attached hydrogen (secondary N) is 1. The Morgan fingerprint density at radius 2 is 1.81 bits per heavy atom. The molecule has 2 aromatic carbocycles. The van der Waals surface area contributed by atoms with Gasteiger partial charge in [0.25, 0.3) is 5.91 Å². The van der Waals surface area contributed by atoms with Gasteiger partial charge in [0.05, 0.1) is 37.1 Å². The van der Waals surface area contributed by atoms with Crippen molar-refractivity contribution in [2.75, 3.05) is 0 Å². The first-order chi connectivity index (χ1) is 17.7. The number of carbonyl (C=O) groups is 1. The fourth-order valence-corrected chi connectivity index (χ4v) is 5.08. The van der Waals surface area contributed by atoms with Crippen molar-refractivity contribution in [2.24, 2.45) is 0 Å². The summed E-state index contributed by atoms with van der Waals surface area (Å²) in [6.45, 7) is 3.23. The number of amides is 1. The van der Waals surface area contributed by atoms with E-state index in [9.17, 15) is 18.8 Å². The van der Waals surface area contributed by atoms with Gasteiger partial charge in [0, 0.05) is 24.4 Å². The lowest BCUT2D eigenvalue weighted by Crippen LogP contribution is -2.60. The summed E-state index contributed by atoms with van der Waals surface area (Å²) < 4.78 is 53.3. The predicted molar refractivity (Wildman–Crippen MR) is 128 cm³/mol. The molecule has 1 amide bonds. The average Bonchev–Trinajstić information content (AvgIpc) is 3.62. The van der Waals surface area contributed by atoms with E-state index in [4.69, 9.17) is 18.9 Å². The molecule has 7 nitrogen and oxygen atoms in total. The topological polar surface area (TPSA) is 89.8 Å². The van der Waals surface area contributed by atoms with E-state index in [-0.39, 0.29) is 43.6 Å². The van der Waals surface area contributed by atoms with Crippen molar-refractivity contribution in [2.45, 2.75) is 88.5 Å². The molecule has 5 rings (SSSR count). The second kappa shape index (κ2) is 10.1. The Morgan fingerprint density at radius 1 is 1.08 bits per heavy atom. The standard InChI is InChI=1S/C28H30F2N2O5/c1-27(2)36-24-13-28(26(33)32-19-10-11-19,35-15-18-7-4-3-6-17(18)14-31)12-23(25(24)37-27)34-16-20-21(29)8-5-9-22(20)30/h3-9,19,23-25H,10-13,15-16H2,1-2H3,(H,32,33)/t23-,24+,25-,28+/m0/s1. The van der Waals surface area contributed by atoms with Crippen LogP contribution in [0.1, 0.15) is 56.2 Å². The quantitative estimate of drug-likeness (QED) is 0.568. The summed E-state index contributed by atoms with van der Waals surface area (Å²) in [5, 5.41) is 12.5. The molecule has 2 saturated carbocycles. The van der Waals surface area contributed by atoms with E-state index >= 15 is 0 Å². The zero-order chi connectivity index (χ0) is 26.2. The number of fused-ring (bicyclic) bond motifs is 1. The second-order valence-corrected chi connectivity index (χ2v) is 10.4. The van der Waals surface area contributed by atoms with Crippen molar-refractivity contribution in [1.29, 1.82) is 5.26 Å². The highest BCUT2D eigenvalue weighted by molar-refractivity contribution is 5.86. The number of rotatable bonds is 8. The predicted octanol–water partition coefficient (Wildman–Crippen LogP) is 4.27. The molecule has 1 aliphatic heterocycles. The highest BCUT2D eigenvalue weighted by Gasteiger charge is 2.58. The Morgan fingerprint density at radius 3 is 2.51 bits per heavy atom. The molecule has 0 spiro atoms. The molecule has 1 N–H and O–H groups in total. The minimum absolute atomic E-state index is 0.0259. The van der Waals surface area contributed by atoms with Crippen molar-refractivity contribution in [3.8, 4) is 6.07 Å². The molecule has 0 bridgehead atoms. The van der Waals surface area contributed by atoms with Crippen molar-refractivity contribution in [3.63, 3.8) is 0 Å². The molecule has 0 unspecified atom stereocenters. The minimum Gasteiger partial charge on any atom is -0.370 e. The lowest BCUT2D eigenvalue weighted by molar-refractivity contribution is -0.183. The van der Waals surface area contributed by atoms with Crippen LogP contribution in [-0.2, 0) is 37.0 Å². The first-order valence-corrected chi connectivity index (χ1v) is 12.5. The van der Waals surface area contributed by atoms with Gasteiger partial charge in [-0.05, 0) is 50.5 Å². The van der Waals surface area contributed by atoms with E-state index in [0.29, 0.717) is 11.1 Å². The molecule has 1 saturated heterocycles. The smallest absolute Gasteiger partial charge is 0.252 e. The molecule has 3 aliphatic rings. The van der Waals surface area contributed by atoms with E-state index in [1.165, 1.54) is 18.2 Å². The molecule has 2 aliphatic carbocycles. The number of benzene rings is 2. The van der Waals surface area contributed by atoms with Gasteiger partial charge in [-0.1, -0.05) is 24.3 Å². The molecule has 4 atom stereocenters. The van der Waals surface area contributed by atoms with Crippen molar-refractivity contribution in [1.82, 2.24) is 5.32 Å². The van der Waals surface area contributed by atoms with E-state index in [2.05, 4.69) is 11.4 Å². The van der Waals surface area contributed by atoms with Crippen LogP contribution >= 0.6 is 0 Å². The summed E-state index contributed by atoms with van der Waals surface area (Å²) in [6.07, 6.45) is 0.251. The van der Waals surface area contributed by atoms with E-state index < -0.39 is 41.3 Å². The molecular formula is C28H30F2N2O5. The maximum atomic E-state index is 14.3. The Hall–Kier alpha value is -2.90. The molecule has 37 heavy (non-hydrogen) atoms. The third-order valence-electron chi connectivity index (χ3n) is 7.12. The van der Waals surface area contributed by atoms with Gasteiger partial charge in [0.2, 0.25) is 0 Å². The first-order valence-electron chi connectivity index (χ1n) is 12.5. The molecule has 0 radical (unpaired) electrons. The second-order valence-electron chi connectivity index (χ2n) is 10.4. The molecule has 3 fully saturated rings. The Balaban J connectivity index is 1.44. The van der Waals surface area contributed by atoms with Gasteiger partial charge >= 0.3 is 0 Å². The van der Waals surface area contributed by atoms with Crippen LogP contribution in [0, 0.1) is 23.0 Å². The number of ether oxygens (including phenoxy) is 4. The van der Waals surface area contributed by atoms with Gasteiger partial charge in [-0.15, -0.1) is 0 Å². The average molecular weight is 513 g/mol. The summed E-state index contributed by atoms with van der Waals surface area (Å²) in [4.78, 5) is 13.7. The lowest BCUT2D eigenvalue weighted by atomic mass is 9.78. The first kappa shape index (κ1) is 25.7. The van der Waals surface area contributed by atoms with Gasteiger partial charge in [-0.3, -0.25) is 4.79 Å². The van der Waals surface area contributed by atoms with Crippen LogP contribution in [0.3, 0.4) is 0 Å². The Kier molecular flexibility index (Phi) is 7.03. The molecule has 2 aromatic rings. The van der Waals surface area contributed by atoms with Crippen LogP contribution in [0.15, 0.2) is 42.5 Å². The van der Waals surface area contributed by atoms with Gasteiger partial charge in [-0.25, -0.2) is 8.78 Å². The van der Waals surface area contributed by atoms with Crippen LogP contribution < -0.4 is 5.32 Å². The van der Waals surface area contributed by atoms with Crippen LogP contribution in [0.2, 0.25) is 0 Å². The number of hydrogen-bond acceptors (Lipinski definition) is 6. The fourth-order valence-electron chi connectivity index (χ4n) is 5.08. The fraction of sp³-hybridized carbons (Fsp3) is 0.500. The van der Waals surface area contributed by atoms with Crippen LogP contribution in [0.5, 0.6) is 0 Å². The number of nitrogens with zero attached hydrogens (tertiary/aromatic N) is 1. The van der Waals surface area contributed by atoms with Gasteiger partial charge < -0.3 is 24.3 Å². The third-order valence-corrected chi connectivity index (χ3v) is 7.12. The summed E-state index contributed by atoms with van der Waals surface area (Å²) in [6, 6.07) is 12.9. The molecule has 196 valence electrons. The third kappa shape index (κ3) is 5.53. The summed E-state index contributed by atoms with van der Waals surface area (Å²) in [5.41, 5.74) is -0.437. The number of carbonyl (C=O) groups excluding carboxylic acids is 1. The van der Waals surface area contributed by atoms with Crippen LogP contribution in [0.25, 0.3) is 0 Å². The van der Waals surface area contributed by atoms with Gasteiger partial charge in [0.15, 0.2) is 11.4 Å². The van der Waals surface area contributed by atoms with Gasteiger partial charge in [0.1, 0.15) is 17.7 Å². The molecule has 1 heterocycles. The number of hydrogen-bond donors (Lipinski definition) is 1. The maximum absolute atomic E-state index is 14.3. The van der Waals surface area contributed by atoms with E-state index in [1.807, 2.05) is 0 Å². The minimum atomic E-state index is -1.35. The summed E-state index contributed by atoms with van der Waals surface area (Å²) >= 11 is 0. The van der Waals surface area contributed by atoms with Crippen molar-refractivity contribution >= 4 is 5.91 Å². The number of halogens is 2. The van der Waals surface area contributed by atoms with Crippen LogP contribution in [-0.4, -0.2) is 41.6 Å². The van der Waals surface area contributed by atoms with Crippen molar-refractivity contribution in [3.05, 3.63) is 70.8 Å². The SMILES string of the molecule is CC1(C)O[C@H]2[C@@H](OCc3c(F)cccc3F)C[C@](OCc3ccccc3C#N)(C(=O)NC3CC3)C[C@H]2O1. The summed E-state index contributed by atoms with van der Waals surface area (Å²) in [7, 11) is 0. The van der Waals surface area contributed by atoms with E-state index in [1.54, 1.807) is 38.1 Å². The van der Waals surface area contributed by atoms with Gasteiger partial charge in [-0.2, -0.15) is 5.26 Å². The van der Waals surface area contributed by atoms with E-state index in [0.717, 1.165) is 12.8 Å². The molecular weight excluding hydrogens is 482 g/mol. The molecule has 0 aromatic heterocycles. The zero-order valence-electron chi connectivity index (χ0n) is 20.8. The maximum Gasteiger partial charge on any atom is 0.252 e.